The highest BCUT2D eigenvalue weighted by molar-refractivity contribution is 5.02. The summed E-state index contributed by atoms with van der Waals surface area (Å²) in [7, 11) is 0. The molecule has 58 valence electrons. The Bertz CT molecular complexity index is 129. The smallest absolute Gasteiger partial charge is 0.0459 e. The van der Waals surface area contributed by atoms with Gasteiger partial charge < -0.3 is 5.11 Å². The second kappa shape index (κ2) is 3.20. The van der Waals surface area contributed by atoms with Gasteiger partial charge >= 0.3 is 0 Å². The minimum Gasteiger partial charge on any atom is -0.396 e. The van der Waals surface area contributed by atoms with Crippen LogP contribution in [-0.4, -0.2) is 11.7 Å². The molecule has 0 aromatic rings. The van der Waals surface area contributed by atoms with Gasteiger partial charge in [0.1, 0.15) is 0 Å². The van der Waals surface area contributed by atoms with E-state index in [2.05, 4.69) is 26.0 Å². The molecule has 1 aliphatic rings. The molecule has 1 heteroatoms. The van der Waals surface area contributed by atoms with Crippen LogP contribution >= 0.6 is 0 Å². The number of aliphatic hydroxyl groups is 1. The third kappa shape index (κ3) is 1.60. The van der Waals surface area contributed by atoms with Crippen molar-refractivity contribution in [3.63, 3.8) is 0 Å². The Morgan fingerprint density at radius 3 is 2.90 bits per heavy atom. The molecule has 1 N–H and O–H groups in total. The molecule has 1 aliphatic carbocycles. The topological polar surface area (TPSA) is 20.2 Å². The molecule has 1 rings (SSSR count). The fraction of sp³-hybridized carbons (Fsp3) is 0.778. The van der Waals surface area contributed by atoms with E-state index in [9.17, 15) is 0 Å². The van der Waals surface area contributed by atoms with E-state index in [1.807, 2.05) is 0 Å². The lowest BCUT2D eigenvalue weighted by atomic mass is 10.1. The average molecular weight is 140 g/mol. The summed E-state index contributed by atoms with van der Waals surface area (Å²) in [5, 5.41) is 8.81. The second-order valence-corrected chi connectivity index (χ2v) is 3.25. The maximum absolute atomic E-state index is 8.81. The number of hydrogen-bond acceptors (Lipinski definition) is 1. The molecular weight excluding hydrogens is 124 g/mol. The van der Waals surface area contributed by atoms with Gasteiger partial charge in [-0.05, 0) is 31.1 Å². The first-order chi connectivity index (χ1) is 4.79. The fourth-order valence-electron chi connectivity index (χ4n) is 1.49. The van der Waals surface area contributed by atoms with Gasteiger partial charge in [0.05, 0.1) is 0 Å². The first-order valence-corrected chi connectivity index (χ1v) is 4.03. The Kier molecular flexibility index (Phi) is 2.50. The summed E-state index contributed by atoms with van der Waals surface area (Å²) < 4.78 is 0. The molecule has 0 heterocycles. The SMILES string of the molecule is C/C=C/C1CC1C(C)CO. The first kappa shape index (κ1) is 7.80. The zero-order chi connectivity index (χ0) is 7.56. The van der Waals surface area contributed by atoms with Gasteiger partial charge in [0.25, 0.3) is 0 Å². The lowest BCUT2D eigenvalue weighted by Crippen LogP contribution is -2.03. The van der Waals surface area contributed by atoms with Crippen LogP contribution in [0, 0.1) is 17.8 Å². The van der Waals surface area contributed by atoms with Gasteiger partial charge in [-0.25, -0.2) is 0 Å². The molecule has 10 heavy (non-hydrogen) atoms. The Morgan fingerprint density at radius 2 is 2.40 bits per heavy atom. The average Bonchev–Trinajstić information content (AvgIpc) is 2.67. The standard InChI is InChI=1S/C9H16O/c1-3-4-8-5-9(8)7(2)6-10/h3-4,7-10H,5-6H2,1-2H3/b4-3+. The van der Waals surface area contributed by atoms with E-state index in [-0.39, 0.29) is 0 Å². The van der Waals surface area contributed by atoms with Gasteiger partial charge in [0.2, 0.25) is 0 Å². The van der Waals surface area contributed by atoms with E-state index in [0.29, 0.717) is 12.5 Å². The van der Waals surface area contributed by atoms with Gasteiger partial charge in [-0.3, -0.25) is 0 Å². The van der Waals surface area contributed by atoms with E-state index in [1.54, 1.807) is 0 Å². The molecule has 0 aromatic carbocycles. The van der Waals surface area contributed by atoms with Crippen LogP contribution in [0.15, 0.2) is 12.2 Å². The van der Waals surface area contributed by atoms with E-state index in [1.165, 1.54) is 6.42 Å². The van der Waals surface area contributed by atoms with Gasteiger partial charge in [-0.2, -0.15) is 0 Å². The van der Waals surface area contributed by atoms with Crippen LogP contribution in [0.4, 0.5) is 0 Å². The van der Waals surface area contributed by atoms with Gasteiger partial charge in [-0.1, -0.05) is 19.1 Å². The molecular formula is C9H16O. The summed E-state index contributed by atoms with van der Waals surface area (Å²) in [6.45, 7) is 4.52. The summed E-state index contributed by atoms with van der Waals surface area (Å²) in [6.07, 6.45) is 5.64. The zero-order valence-corrected chi connectivity index (χ0v) is 6.75. The van der Waals surface area contributed by atoms with Crippen molar-refractivity contribution in [1.29, 1.82) is 0 Å². The van der Waals surface area contributed by atoms with Gasteiger partial charge in [-0.15, -0.1) is 0 Å². The normalized spacial score (nSPS) is 34.7. The molecule has 3 atom stereocenters. The van der Waals surface area contributed by atoms with Crippen LogP contribution in [0.2, 0.25) is 0 Å². The molecule has 1 nitrogen and oxygen atoms in total. The molecule has 0 aromatic heterocycles. The minimum atomic E-state index is 0.346. The van der Waals surface area contributed by atoms with Crippen LogP contribution < -0.4 is 0 Å². The van der Waals surface area contributed by atoms with Crippen molar-refractivity contribution in [3.8, 4) is 0 Å². The minimum absolute atomic E-state index is 0.346. The molecule has 3 unspecified atom stereocenters. The lowest BCUT2D eigenvalue weighted by Gasteiger charge is -2.03. The van der Waals surface area contributed by atoms with E-state index < -0.39 is 0 Å². The number of allylic oxidation sites excluding steroid dienone is 2. The lowest BCUT2D eigenvalue weighted by molar-refractivity contribution is 0.219. The molecule has 1 saturated carbocycles. The maximum Gasteiger partial charge on any atom is 0.0459 e. The Labute approximate surface area is 62.8 Å². The van der Waals surface area contributed by atoms with Crippen molar-refractivity contribution in [3.05, 3.63) is 12.2 Å². The molecule has 0 aliphatic heterocycles. The van der Waals surface area contributed by atoms with Crippen LogP contribution in [0.1, 0.15) is 20.3 Å². The van der Waals surface area contributed by atoms with Crippen molar-refractivity contribution in [1.82, 2.24) is 0 Å². The molecule has 0 spiro atoms. The Hall–Kier alpha value is -0.300. The zero-order valence-electron chi connectivity index (χ0n) is 6.75. The molecule has 1 fully saturated rings. The first-order valence-electron chi connectivity index (χ1n) is 4.03. The summed E-state index contributed by atoms with van der Waals surface area (Å²) >= 11 is 0. The van der Waals surface area contributed by atoms with Gasteiger partial charge in [0.15, 0.2) is 0 Å². The van der Waals surface area contributed by atoms with E-state index >= 15 is 0 Å². The second-order valence-electron chi connectivity index (χ2n) is 3.25. The summed E-state index contributed by atoms with van der Waals surface area (Å²) in [5.41, 5.74) is 0. The summed E-state index contributed by atoms with van der Waals surface area (Å²) in [5.74, 6) is 2.04. The Balaban J connectivity index is 2.24. The van der Waals surface area contributed by atoms with Crippen molar-refractivity contribution in [2.75, 3.05) is 6.61 Å². The van der Waals surface area contributed by atoms with Crippen molar-refractivity contribution < 1.29 is 5.11 Å². The molecule has 0 bridgehead atoms. The summed E-state index contributed by atoms with van der Waals surface area (Å²) in [6, 6.07) is 0. The van der Waals surface area contributed by atoms with Crippen molar-refractivity contribution >= 4 is 0 Å². The largest absolute Gasteiger partial charge is 0.396 e. The van der Waals surface area contributed by atoms with Crippen LogP contribution in [-0.2, 0) is 0 Å². The summed E-state index contributed by atoms with van der Waals surface area (Å²) in [4.78, 5) is 0. The molecule has 0 radical (unpaired) electrons. The predicted octanol–water partition coefficient (Wildman–Crippen LogP) is 1.83. The van der Waals surface area contributed by atoms with Crippen molar-refractivity contribution in [2.45, 2.75) is 20.3 Å². The monoisotopic (exact) mass is 140 g/mol. The third-order valence-corrected chi connectivity index (χ3v) is 2.35. The fourth-order valence-corrected chi connectivity index (χ4v) is 1.49. The van der Waals surface area contributed by atoms with Crippen molar-refractivity contribution in [2.24, 2.45) is 17.8 Å². The number of rotatable bonds is 3. The molecule has 0 amide bonds. The van der Waals surface area contributed by atoms with Crippen LogP contribution in [0.3, 0.4) is 0 Å². The quantitative estimate of drug-likeness (QED) is 0.593. The highest BCUT2D eigenvalue weighted by Crippen LogP contribution is 2.44. The van der Waals surface area contributed by atoms with Crippen LogP contribution in [0.5, 0.6) is 0 Å². The van der Waals surface area contributed by atoms with Gasteiger partial charge in [0, 0.05) is 6.61 Å². The highest BCUT2D eigenvalue weighted by atomic mass is 16.3. The Morgan fingerprint density at radius 1 is 1.70 bits per heavy atom. The maximum atomic E-state index is 8.81. The predicted molar refractivity (Wildman–Crippen MR) is 42.7 cm³/mol. The van der Waals surface area contributed by atoms with E-state index in [4.69, 9.17) is 5.11 Å². The van der Waals surface area contributed by atoms with Crippen LogP contribution in [0.25, 0.3) is 0 Å². The number of aliphatic hydroxyl groups excluding tert-OH is 1. The number of hydrogen-bond donors (Lipinski definition) is 1. The van der Waals surface area contributed by atoms with E-state index in [0.717, 1.165) is 11.8 Å². The highest BCUT2D eigenvalue weighted by Gasteiger charge is 2.38. The molecule has 0 saturated heterocycles. The third-order valence-electron chi connectivity index (χ3n) is 2.35.